The first-order valence-electron chi connectivity index (χ1n) is 7.80. The van der Waals surface area contributed by atoms with Gasteiger partial charge in [-0.2, -0.15) is 0 Å². The summed E-state index contributed by atoms with van der Waals surface area (Å²) in [6.07, 6.45) is 3.99. The number of amides is 2. The Hall–Kier alpha value is -1.59. The van der Waals surface area contributed by atoms with Crippen LogP contribution in [0.1, 0.15) is 32.1 Å². The molecule has 116 valence electrons. The average molecular weight is 294 g/mol. The van der Waals surface area contributed by atoms with Gasteiger partial charge in [0.25, 0.3) is 0 Å². The highest BCUT2D eigenvalue weighted by Gasteiger charge is 2.54. The van der Waals surface area contributed by atoms with Crippen LogP contribution in [0.2, 0.25) is 0 Å². The van der Waals surface area contributed by atoms with E-state index in [1.54, 1.807) is 4.90 Å². The minimum absolute atomic E-state index is 0.0162. The second-order valence-electron chi connectivity index (χ2n) is 6.72. The second kappa shape index (κ2) is 5.31. The summed E-state index contributed by atoms with van der Waals surface area (Å²) < 4.78 is 0. The standard InChI is InChI=1S/C15H22N2O4/c16-13(18)8-3-5-17(6-4-8)14(19)11-9-1-2-10(7-9)12(11)15(20)21/h8-12H,1-7H2,(H2,16,18)(H,20,21)/t9-,10-,11-,12-/m0/s1. The van der Waals surface area contributed by atoms with Gasteiger partial charge in [0.05, 0.1) is 11.8 Å². The number of primary amides is 1. The molecule has 2 amide bonds. The number of nitrogens with two attached hydrogens (primary N) is 1. The molecule has 3 N–H and O–H groups in total. The van der Waals surface area contributed by atoms with Crippen molar-refractivity contribution >= 4 is 17.8 Å². The maximum absolute atomic E-state index is 12.7. The van der Waals surface area contributed by atoms with Crippen molar-refractivity contribution in [3.63, 3.8) is 0 Å². The molecule has 21 heavy (non-hydrogen) atoms. The Labute approximate surface area is 123 Å². The lowest BCUT2D eigenvalue weighted by molar-refractivity contribution is -0.153. The normalized spacial score (nSPS) is 35.9. The number of carboxylic acids is 1. The summed E-state index contributed by atoms with van der Waals surface area (Å²) in [7, 11) is 0. The summed E-state index contributed by atoms with van der Waals surface area (Å²) in [5, 5.41) is 9.44. The minimum atomic E-state index is -0.826. The number of fused-ring (bicyclic) bond motifs is 2. The summed E-state index contributed by atoms with van der Waals surface area (Å²) in [4.78, 5) is 37.2. The first-order valence-corrected chi connectivity index (χ1v) is 7.80. The van der Waals surface area contributed by atoms with Gasteiger partial charge in [-0.25, -0.2) is 0 Å². The molecule has 3 fully saturated rings. The maximum atomic E-state index is 12.7. The topological polar surface area (TPSA) is 101 Å². The van der Waals surface area contributed by atoms with E-state index in [4.69, 9.17) is 5.73 Å². The molecule has 1 saturated heterocycles. The SMILES string of the molecule is NC(=O)C1CCN(C(=O)[C@H]2[C@H]3CC[C@@H](C3)[C@@H]2C(=O)O)CC1. The third-order valence-electron chi connectivity index (χ3n) is 5.70. The molecule has 2 saturated carbocycles. The first-order chi connectivity index (χ1) is 9.99. The van der Waals surface area contributed by atoms with Crippen LogP contribution in [-0.2, 0) is 14.4 Å². The number of likely N-dealkylation sites (tertiary alicyclic amines) is 1. The van der Waals surface area contributed by atoms with Crippen LogP contribution in [0, 0.1) is 29.6 Å². The first kappa shape index (κ1) is 14.4. The van der Waals surface area contributed by atoms with E-state index < -0.39 is 11.9 Å². The number of rotatable bonds is 3. The molecule has 1 heterocycles. The number of hydrogen-bond acceptors (Lipinski definition) is 3. The molecule has 0 aromatic rings. The zero-order valence-corrected chi connectivity index (χ0v) is 12.0. The van der Waals surface area contributed by atoms with Gasteiger partial charge in [0, 0.05) is 19.0 Å². The Morgan fingerprint density at radius 3 is 2.05 bits per heavy atom. The van der Waals surface area contributed by atoms with E-state index in [0.29, 0.717) is 25.9 Å². The fourth-order valence-electron chi connectivity index (χ4n) is 4.60. The quantitative estimate of drug-likeness (QED) is 0.789. The summed E-state index contributed by atoms with van der Waals surface area (Å²) >= 11 is 0. The number of hydrogen-bond donors (Lipinski definition) is 2. The predicted molar refractivity (Wildman–Crippen MR) is 73.9 cm³/mol. The van der Waals surface area contributed by atoms with Gasteiger partial charge in [0.2, 0.25) is 11.8 Å². The molecular weight excluding hydrogens is 272 g/mol. The van der Waals surface area contributed by atoms with Gasteiger partial charge >= 0.3 is 5.97 Å². The van der Waals surface area contributed by atoms with Crippen LogP contribution in [0.25, 0.3) is 0 Å². The largest absolute Gasteiger partial charge is 0.481 e. The molecule has 3 aliphatic rings. The molecule has 0 aromatic heterocycles. The summed E-state index contributed by atoms with van der Waals surface area (Å²) in [5.74, 6) is -1.75. The fraction of sp³-hybridized carbons (Fsp3) is 0.800. The maximum Gasteiger partial charge on any atom is 0.307 e. The smallest absolute Gasteiger partial charge is 0.307 e. The average Bonchev–Trinajstić information content (AvgIpc) is 3.07. The van der Waals surface area contributed by atoms with Crippen LogP contribution < -0.4 is 5.73 Å². The number of carbonyl (C=O) groups is 3. The van der Waals surface area contributed by atoms with Gasteiger partial charge in [-0.05, 0) is 43.9 Å². The van der Waals surface area contributed by atoms with Crippen molar-refractivity contribution in [3.8, 4) is 0 Å². The van der Waals surface area contributed by atoms with E-state index in [2.05, 4.69) is 0 Å². The van der Waals surface area contributed by atoms with Crippen LogP contribution in [0.3, 0.4) is 0 Å². The second-order valence-corrected chi connectivity index (χ2v) is 6.72. The van der Waals surface area contributed by atoms with Crippen LogP contribution >= 0.6 is 0 Å². The van der Waals surface area contributed by atoms with Gasteiger partial charge in [0.15, 0.2) is 0 Å². The molecule has 3 rings (SSSR count). The molecule has 0 aromatic carbocycles. The van der Waals surface area contributed by atoms with E-state index >= 15 is 0 Å². The Morgan fingerprint density at radius 2 is 1.52 bits per heavy atom. The minimum Gasteiger partial charge on any atom is -0.481 e. The third kappa shape index (κ3) is 2.40. The van der Waals surface area contributed by atoms with Crippen molar-refractivity contribution in [2.24, 2.45) is 35.3 Å². The van der Waals surface area contributed by atoms with E-state index in [0.717, 1.165) is 19.3 Å². The highest BCUT2D eigenvalue weighted by atomic mass is 16.4. The van der Waals surface area contributed by atoms with Crippen molar-refractivity contribution < 1.29 is 19.5 Å². The summed E-state index contributed by atoms with van der Waals surface area (Å²) in [6, 6.07) is 0. The van der Waals surface area contributed by atoms with Crippen molar-refractivity contribution in [1.29, 1.82) is 0 Å². The van der Waals surface area contributed by atoms with Crippen molar-refractivity contribution in [1.82, 2.24) is 4.90 Å². The molecule has 0 unspecified atom stereocenters. The van der Waals surface area contributed by atoms with Gasteiger partial charge in [0.1, 0.15) is 0 Å². The van der Waals surface area contributed by atoms with Crippen LogP contribution in [0.5, 0.6) is 0 Å². The number of carboxylic acid groups (broad SMARTS) is 1. The van der Waals surface area contributed by atoms with Gasteiger partial charge in [-0.1, -0.05) is 0 Å². The lowest BCUT2D eigenvalue weighted by atomic mass is 9.78. The molecule has 2 bridgehead atoms. The Balaban J connectivity index is 1.68. The fourth-order valence-corrected chi connectivity index (χ4v) is 4.60. The van der Waals surface area contributed by atoms with E-state index in [-0.39, 0.29) is 35.5 Å². The van der Waals surface area contributed by atoms with Crippen molar-refractivity contribution in [2.45, 2.75) is 32.1 Å². The molecular formula is C15H22N2O4. The highest BCUT2D eigenvalue weighted by Crippen LogP contribution is 2.53. The Morgan fingerprint density at radius 1 is 0.952 bits per heavy atom. The van der Waals surface area contributed by atoms with Crippen LogP contribution in [0.4, 0.5) is 0 Å². The van der Waals surface area contributed by atoms with E-state index in [9.17, 15) is 19.5 Å². The van der Waals surface area contributed by atoms with E-state index in [1.807, 2.05) is 0 Å². The lowest BCUT2D eigenvalue weighted by Gasteiger charge is -2.36. The highest BCUT2D eigenvalue weighted by molar-refractivity contribution is 5.86. The van der Waals surface area contributed by atoms with Crippen molar-refractivity contribution in [2.75, 3.05) is 13.1 Å². The number of nitrogens with zero attached hydrogens (tertiary/aromatic N) is 1. The zero-order valence-electron chi connectivity index (χ0n) is 12.0. The molecule has 0 spiro atoms. The summed E-state index contributed by atoms with van der Waals surface area (Å²) in [6.45, 7) is 1.04. The molecule has 6 heteroatoms. The number of carbonyl (C=O) groups excluding carboxylic acids is 2. The molecule has 0 radical (unpaired) electrons. The van der Waals surface area contributed by atoms with Gasteiger partial charge in [-0.15, -0.1) is 0 Å². The monoisotopic (exact) mass is 294 g/mol. The number of piperidine rings is 1. The molecule has 1 aliphatic heterocycles. The molecule has 4 atom stereocenters. The third-order valence-corrected chi connectivity index (χ3v) is 5.70. The molecule has 6 nitrogen and oxygen atoms in total. The summed E-state index contributed by atoms with van der Waals surface area (Å²) in [5.41, 5.74) is 5.30. The van der Waals surface area contributed by atoms with Crippen LogP contribution in [0.15, 0.2) is 0 Å². The van der Waals surface area contributed by atoms with E-state index in [1.165, 1.54) is 0 Å². The lowest BCUT2D eigenvalue weighted by Crippen LogP contribution is -2.48. The van der Waals surface area contributed by atoms with Crippen LogP contribution in [-0.4, -0.2) is 40.9 Å². The van der Waals surface area contributed by atoms with Crippen molar-refractivity contribution in [3.05, 3.63) is 0 Å². The predicted octanol–water partition coefficient (Wildman–Crippen LogP) is 0.457. The number of aliphatic carboxylic acids is 1. The van der Waals surface area contributed by atoms with Gasteiger partial charge in [-0.3, -0.25) is 14.4 Å². The van der Waals surface area contributed by atoms with Gasteiger partial charge < -0.3 is 15.7 Å². The molecule has 2 aliphatic carbocycles. The Kier molecular flexibility index (Phi) is 3.63. The zero-order chi connectivity index (χ0) is 15.1. The Bertz CT molecular complexity index is 470.